The highest BCUT2D eigenvalue weighted by Gasteiger charge is 2.08. The van der Waals surface area contributed by atoms with Gasteiger partial charge in [-0.05, 0) is 13.1 Å². The van der Waals surface area contributed by atoms with Crippen LogP contribution in [0.4, 0.5) is 5.82 Å². The fourth-order valence-corrected chi connectivity index (χ4v) is 1.85. The molecular weight excluding hydrogens is 216 g/mol. The highest BCUT2D eigenvalue weighted by atomic mass is 15.2. The van der Waals surface area contributed by atoms with Crippen molar-refractivity contribution in [1.82, 2.24) is 24.4 Å². The predicted octanol–water partition coefficient (Wildman–Crippen LogP) is 0.750. The first-order chi connectivity index (χ1) is 8.26. The van der Waals surface area contributed by atoms with Gasteiger partial charge >= 0.3 is 0 Å². The first kappa shape index (κ1) is 11.8. The average molecular weight is 234 g/mol. The zero-order valence-corrected chi connectivity index (χ0v) is 10.3. The molecule has 0 unspecified atom stereocenters. The number of hydrogen-bond donors (Lipinski definition) is 1. The van der Waals surface area contributed by atoms with E-state index >= 15 is 0 Å². The lowest BCUT2D eigenvalue weighted by Crippen LogP contribution is -2.26. The van der Waals surface area contributed by atoms with Crippen molar-refractivity contribution in [3.8, 4) is 0 Å². The van der Waals surface area contributed by atoms with E-state index in [1.807, 2.05) is 4.57 Å². The molecular formula is C11H18N6. The quantitative estimate of drug-likeness (QED) is 0.826. The topological polar surface area (TPSA) is 72.9 Å². The van der Waals surface area contributed by atoms with E-state index in [4.69, 9.17) is 5.73 Å². The molecule has 0 saturated heterocycles. The Labute approximate surface area is 100 Å². The van der Waals surface area contributed by atoms with E-state index < -0.39 is 0 Å². The number of imidazole rings is 1. The maximum Gasteiger partial charge on any atom is 0.165 e. The number of anilines is 1. The van der Waals surface area contributed by atoms with Crippen LogP contribution in [0.5, 0.6) is 0 Å². The van der Waals surface area contributed by atoms with E-state index in [9.17, 15) is 0 Å². The minimum Gasteiger partial charge on any atom is -0.382 e. The molecule has 0 radical (unpaired) electrons. The summed E-state index contributed by atoms with van der Waals surface area (Å²) >= 11 is 0. The third kappa shape index (κ3) is 2.36. The van der Waals surface area contributed by atoms with Crippen LogP contribution in [-0.4, -0.2) is 44.1 Å². The van der Waals surface area contributed by atoms with Crippen molar-refractivity contribution < 1.29 is 0 Å². The lowest BCUT2D eigenvalue weighted by atomic mass is 10.4. The van der Waals surface area contributed by atoms with Gasteiger partial charge in [-0.15, -0.1) is 0 Å². The Morgan fingerprint density at radius 2 is 2.00 bits per heavy atom. The van der Waals surface area contributed by atoms with Crippen molar-refractivity contribution in [2.75, 3.05) is 25.4 Å². The number of rotatable bonds is 5. The Morgan fingerprint density at radius 1 is 1.24 bits per heavy atom. The zero-order chi connectivity index (χ0) is 12.3. The lowest BCUT2D eigenvalue weighted by Gasteiger charge is -2.17. The second-order valence-electron chi connectivity index (χ2n) is 3.90. The summed E-state index contributed by atoms with van der Waals surface area (Å²) in [7, 11) is 0. The number of hydrogen-bond acceptors (Lipinski definition) is 5. The van der Waals surface area contributed by atoms with Crippen molar-refractivity contribution in [2.45, 2.75) is 20.4 Å². The summed E-state index contributed by atoms with van der Waals surface area (Å²) in [6, 6.07) is 0. The Kier molecular flexibility index (Phi) is 3.53. The van der Waals surface area contributed by atoms with Gasteiger partial charge in [-0.1, -0.05) is 13.8 Å². The molecule has 0 aliphatic carbocycles. The van der Waals surface area contributed by atoms with E-state index in [0.717, 1.165) is 31.8 Å². The summed E-state index contributed by atoms with van der Waals surface area (Å²) in [6.07, 6.45) is 3.26. The molecule has 2 aromatic heterocycles. The van der Waals surface area contributed by atoms with Crippen molar-refractivity contribution in [3.63, 3.8) is 0 Å². The molecule has 2 rings (SSSR count). The molecule has 0 fully saturated rings. The molecule has 6 nitrogen and oxygen atoms in total. The molecule has 0 saturated carbocycles. The summed E-state index contributed by atoms with van der Waals surface area (Å²) in [5, 5.41) is 0. The monoisotopic (exact) mass is 234 g/mol. The van der Waals surface area contributed by atoms with Gasteiger partial charge in [0.1, 0.15) is 11.8 Å². The van der Waals surface area contributed by atoms with E-state index in [-0.39, 0.29) is 0 Å². The van der Waals surface area contributed by atoms with E-state index in [0.29, 0.717) is 11.3 Å². The summed E-state index contributed by atoms with van der Waals surface area (Å²) < 4.78 is 2.02. The zero-order valence-electron chi connectivity index (χ0n) is 10.3. The molecule has 2 N–H and O–H groups in total. The fraction of sp³-hybridized carbons (Fsp3) is 0.545. The summed E-state index contributed by atoms with van der Waals surface area (Å²) in [4.78, 5) is 14.8. The number of likely N-dealkylation sites (N-methyl/N-ethyl adjacent to an activating group) is 1. The molecule has 0 aromatic carbocycles. The summed E-state index contributed by atoms with van der Waals surface area (Å²) in [5.41, 5.74) is 7.24. The van der Waals surface area contributed by atoms with Crippen molar-refractivity contribution in [3.05, 3.63) is 12.7 Å². The largest absolute Gasteiger partial charge is 0.382 e. The van der Waals surface area contributed by atoms with Gasteiger partial charge < -0.3 is 15.2 Å². The smallest absolute Gasteiger partial charge is 0.165 e. The lowest BCUT2D eigenvalue weighted by molar-refractivity contribution is 0.291. The van der Waals surface area contributed by atoms with Crippen LogP contribution in [0.1, 0.15) is 13.8 Å². The highest BCUT2D eigenvalue weighted by molar-refractivity contribution is 5.80. The minimum atomic E-state index is 0.441. The molecule has 0 atom stereocenters. The molecule has 2 aromatic rings. The molecule has 92 valence electrons. The Balaban J connectivity index is 2.17. The van der Waals surface area contributed by atoms with Crippen LogP contribution in [-0.2, 0) is 6.54 Å². The Hall–Kier alpha value is -1.69. The van der Waals surface area contributed by atoms with Gasteiger partial charge in [0.25, 0.3) is 0 Å². The molecule has 0 aliphatic rings. The number of nitrogens with two attached hydrogens (primary N) is 1. The summed E-state index contributed by atoms with van der Waals surface area (Å²) in [5.74, 6) is 0.441. The molecule has 2 heterocycles. The average Bonchev–Trinajstić information content (AvgIpc) is 2.75. The van der Waals surface area contributed by atoms with E-state index in [2.05, 4.69) is 33.7 Å². The van der Waals surface area contributed by atoms with Crippen LogP contribution in [0.3, 0.4) is 0 Å². The first-order valence-electron chi connectivity index (χ1n) is 5.90. The first-order valence-corrected chi connectivity index (χ1v) is 5.90. The van der Waals surface area contributed by atoms with Crippen molar-refractivity contribution in [2.24, 2.45) is 0 Å². The third-order valence-electron chi connectivity index (χ3n) is 2.98. The molecule has 17 heavy (non-hydrogen) atoms. The van der Waals surface area contributed by atoms with Crippen molar-refractivity contribution >= 4 is 17.0 Å². The molecule has 0 aliphatic heterocycles. The number of nitrogen functional groups attached to an aromatic ring is 1. The van der Waals surface area contributed by atoms with Crippen LogP contribution in [0.25, 0.3) is 11.2 Å². The fourth-order valence-electron chi connectivity index (χ4n) is 1.85. The Bertz CT molecular complexity index is 488. The van der Waals surface area contributed by atoms with E-state index in [1.54, 1.807) is 6.33 Å². The van der Waals surface area contributed by atoms with Gasteiger partial charge in [0, 0.05) is 13.1 Å². The maximum absolute atomic E-state index is 5.74. The summed E-state index contributed by atoms with van der Waals surface area (Å²) in [6.45, 7) is 8.29. The second-order valence-corrected chi connectivity index (χ2v) is 3.90. The normalized spacial score (nSPS) is 11.5. The molecule has 0 bridgehead atoms. The Morgan fingerprint density at radius 3 is 2.71 bits per heavy atom. The molecule has 0 amide bonds. The predicted molar refractivity (Wildman–Crippen MR) is 67.5 cm³/mol. The van der Waals surface area contributed by atoms with Gasteiger partial charge in [0.05, 0.1) is 6.33 Å². The van der Waals surface area contributed by atoms with Gasteiger partial charge in [-0.25, -0.2) is 15.0 Å². The van der Waals surface area contributed by atoms with Gasteiger partial charge in [0.2, 0.25) is 0 Å². The van der Waals surface area contributed by atoms with E-state index in [1.165, 1.54) is 6.33 Å². The number of fused-ring (bicyclic) bond motifs is 1. The highest BCUT2D eigenvalue weighted by Crippen LogP contribution is 2.13. The van der Waals surface area contributed by atoms with Crippen LogP contribution in [0.2, 0.25) is 0 Å². The van der Waals surface area contributed by atoms with Crippen LogP contribution in [0.15, 0.2) is 12.7 Å². The van der Waals surface area contributed by atoms with Gasteiger partial charge in [-0.2, -0.15) is 0 Å². The standard InChI is InChI=1S/C11H18N6/c1-3-16(4-2)5-6-17-8-15-9-10(12)13-7-14-11(9)17/h7-8H,3-6H2,1-2H3,(H2,12,13,14). The third-order valence-corrected chi connectivity index (χ3v) is 2.98. The SMILES string of the molecule is CCN(CC)CCn1cnc2c(N)ncnc21. The number of aromatic nitrogens is 4. The van der Waals surface area contributed by atoms with Crippen LogP contribution >= 0.6 is 0 Å². The van der Waals surface area contributed by atoms with Gasteiger partial charge in [-0.3, -0.25) is 0 Å². The van der Waals surface area contributed by atoms with Crippen molar-refractivity contribution in [1.29, 1.82) is 0 Å². The van der Waals surface area contributed by atoms with Crippen LogP contribution in [0, 0.1) is 0 Å². The minimum absolute atomic E-state index is 0.441. The van der Waals surface area contributed by atoms with Gasteiger partial charge in [0.15, 0.2) is 11.5 Å². The number of nitrogens with zero attached hydrogens (tertiary/aromatic N) is 5. The molecule has 6 heteroatoms. The maximum atomic E-state index is 5.74. The molecule has 0 spiro atoms. The van der Waals surface area contributed by atoms with Crippen LogP contribution < -0.4 is 5.73 Å². The second kappa shape index (κ2) is 5.09.